The van der Waals surface area contributed by atoms with Gasteiger partial charge in [0.1, 0.15) is 6.04 Å². The Balaban J connectivity index is 2.34. The SMILES string of the molecule is CN1CCCC(CNC(=O)N[C@H](CC(N)=O)C(=O)O)C1. The predicted octanol–water partition coefficient (Wildman–Crippen LogP) is -1.04. The molecular weight excluding hydrogens is 264 g/mol. The molecule has 1 aliphatic rings. The molecule has 0 aromatic rings. The summed E-state index contributed by atoms with van der Waals surface area (Å²) in [4.78, 5) is 35.4. The zero-order chi connectivity index (χ0) is 15.1. The molecule has 0 aliphatic carbocycles. The van der Waals surface area contributed by atoms with Crippen molar-refractivity contribution in [3.05, 3.63) is 0 Å². The summed E-state index contributed by atoms with van der Waals surface area (Å²) >= 11 is 0. The number of carbonyl (C=O) groups excluding carboxylic acids is 2. The van der Waals surface area contributed by atoms with E-state index in [1.165, 1.54) is 0 Å². The number of nitrogens with zero attached hydrogens (tertiary/aromatic N) is 1. The van der Waals surface area contributed by atoms with Crippen molar-refractivity contribution < 1.29 is 19.5 Å². The van der Waals surface area contributed by atoms with E-state index >= 15 is 0 Å². The van der Waals surface area contributed by atoms with Crippen LogP contribution in [0.4, 0.5) is 4.79 Å². The Morgan fingerprint density at radius 1 is 1.45 bits per heavy atom. The lowest BCUT2D eigenvalue weighted by Gasteiger charge is -2.29. The summed E-state index contributed by atoms with van der Waals surface area (Å²) < 4.78 is 0. The van der Waals surface area contributed by atoms with Crippen molar-refractivity contribution in [3.63, 3.8) is 0 Å². The number of carboxylic acid groups (broad SMARTS) is 1. The fourth-order valence-electron chi connectivity index (χ4n) is 2.29. The van der Waals surface area contributed by atoms with Gasteiger partial charge in [-0.25, -0.2) is 9.59 Å². The number of carboxylic acids is 1. The topological polar surface area (TPSA) is 125 Å². The number of aliphatic carboxylic acids is 1. The van der Waals surface area contributed by atoms with Gasteiger partial charge in [-0.3, -0.25) is 4.79 Å². The molecule has 0 spiro atoms. The second-order valence-corrected chi connectivity index (χ2v) is 5.19. The van der Waals surface area contributed by atoms with Crippen LogP contribution in [0.5, 0.6) is 0 Å². The second kappa shape index (κ2) is 7.68. The van der Waals surface area contributed by atoms with Gasteiger partial charge in [0, 0.05) is 13.1 Å². The summed E-state index contributed by atoms with van der Waals surface area (Å²) in [6.07, 6.45) is 1.70. The first-order valence-corrected chi connectivity index (χ1v) is 6.62. The Morgan fingerprint density at radius 3 is 2.70 bits per heavy atom. The molecule has 2 atom stereocenters. The number of carbonyl (C=O) groups is 3. The molecule has 114 valence electrons. The largest absolute Gasteiger partial charge is 0.480 e. The summed E-state index contributed by atoms with van der Waals surface area (Å²) in [5.41, 5.74) is 4.93. The van der Waals surface area contributed by atoms with E-state index in [1.54, 1.807) is 0 Å². The van der Waals surface area contributed by atoms with Gasteiger partial charge in [0.25, 0.3) is 0 Å². The number of hydrogen-bond acceptors (Lipinski definition) is 4. The zero-order valence-electron chi connectivity index (χ0n) is 11.6. The molecule has 5 N–H and O–H groups in total. The number of urea groups is 1. The molecule has 8 heteroatoms. The molecule has 1 saturated heterocycles. The standard InChI is InChI=1S/C12H22N4O4/c1-16-4-2-3-8(7-16)6-14-12(20)15-9(11(18)19)5-10(13)17/h8-9H,2-7H2,1H3,(H2,13,17)(H,18,19)(H2,14,15,20)/t8?,9-/m1/s1. The Labute approximate surface area is 117 Å². The number of primary amides is 1. The van der Waals surface area contributed by atoms with Crippen molar-refractivity contribution in [3.8, 4) is 0 Å². The van der Waals surface area contributed by atoms with Crippen LogP contribution in [0.2, 0.25) is 0 Å². The third-order valence-corrected chi connectivity index (χ3v) is 3.28. The van der Waals surface area contributed by atoms with Crippen molar-refractivity contribution in [1.29, 1.82) is 0 Å². The van der Waals surface area contributed by atoms with E-state index < -0.39 is 30.4 Å². The van der Waals surface area contributed by atoms with Gasteiger partial charge in [0.15, 0.2) is 0 Å². The maximum Gasteiger partial charge on any atom is 0.326 e. The van der Waals surface area contributed by atoms with Gasteiger partial charge in [-0.1, -0.05) is 0 Å². The van der Waals surface area contributed by atoms with Crippen molar-refractivity contribution in [2.45, 2.75) is 25.3 Å². The first kappa shape index (κ1) is 16.2. The third-order valence-electron chi connectivity index (χ3n) is 3.28. The van der Waals surface area contributed by atoms with E-state index in [1.807, 2.05) is 7.05 Å². The van der Waals surface area contributed by atoms with E-state index in [9.17, 15) is 14.4 Å². The fraction of sp³-hybridized carbons (Fsp3) is 0.750. The second-order valence-electron chi connectivity index (χ2n) is 5.19. The molecule has 0 radical (unpaired) electrons. The molecule has 20 heavy (non-hydrogen) atoms. The molecular formula is C12H22N4O4. The molecule has 1 rings (SSSR count). The third kappa shape index (κ3) is 5.87. The first-order valence-electron chi connectivity index (χ1n) is 6.62. The molecule has 1 fully saturated rings. The summed E-state index contributed by atoms with van der Waals surface area (Å²) in [5.74, 6) is -1.69. The van der Waals surface area contributed by atoms with Gasteiger partial charge >= 0.3 is 12.0 Å². The van der Waals surface area contributed by atoms with Gasteiger partial charge < -0.3 is 26.4 Å². The van der Waals surface area contributed by atoms with Crippen LogP contribution >= 0.6 is 0 Å². The van der Waals surface area contributed by atoms with Gasteiger partial charge in [-0.2, -0.15) is 0 Å². The lowest BCUT2D eigenvalue weighted by molar-refractivity contribution is -0.140. The molecule has 0 saturated carbocycles. The van der Waals surface area contributed by atoms with E-state index in [2.05, 4.69) is 15.5 Å². The maximum absolute atomic E-state index is 11.6. The first-order chi connectivity index (χ1) is 9.38. The quantitative estimate of drug-likeness (QED) is 0.496. The average molecular weight is 286 g/mol. The highest BCUT2D eigenvalue weighted by Crippen LogP contribution is 2.13. The Kier molecular flexibility index (Phi) is 6.23. The summed E-state index contributed by atoms with van der Waals surface area (Å²) in [7, 11) is 2.03. The highest BCUT2D eigenvalue weighted by atomic mass is 16.4. The minimum absolute atomic E-state index is 0.360. The summed E-state index contributed by atoms with van der Waals surface area (Å²) in [6.45, 7) is 2.45. The number of nitrogens with one attached hydrogen (secondary N) is 2. The van der Waals surface area contributed by atoms with Crippen molar-refractivity contribution in [2.75, 3.05) is 26.7 Å². The molecule has 3 amide bonds. The summed E-state index contributed by atoms with van der Waals surface area (Å²) in [6, 6.07) is -1.88. The van der Waals surface area contributed by atoms with Crippen LogP contribution < -0.4 is 16.4 Å². The molecule has 1 heterocycles. The van der Waals surface area contributed by atoms with E-state index in [0.29, 0.717) is 12.5 Å². The molecule has 1 unspecified atom stereocenters. The number of likely N-dealkylation sites (tertiary alicyclic amines) is 1. The monoisotopic (exact) mass is 286 g/mol. The van der Waals surface area contributed by atoms with E-state index in [4.69, 9.17) is 10.8 Å². The zero-order valence-corrected chi connectivity index (χ0v) is 11.6. The van der Waals surface area contributed by atoms with Crippen LogP contribution in [0, 0.1) is 5.92 Å². The Bertz CT molecular complexity index is 374. The minimum atomic E-state index is -1.29. The minimum Gasteiger partial charge on any atom is -0.480 e. The van der Waals surface area contributed by atoms with Crippen LogP contribution in [0.3, 0.4) is 0 Å². The Morgan fingerprint density at radius 2 is 2.15 bits per heavy atom. The van der Waals surface area contributed by atoms with Gasteiger partial charge in [0.2, 0.25) is 5.91 Å². The molecule has 0 aromatic carbocycles. The number of amides is 3. The van der Waals surface area contributed by atoms with Gasteiger partial charge in [-0.15, -0.1) is 0 Å². The maximum atomic E-state index is 11.6. The molecule has 0 bridgehead atoms. The summed E-state index contributed by atoms with van der Waals surface area (Å²) in [5, 5.41) is 13.7. The lowest BCUT2D eigenvalue weighted by Crippen LogP contribution is -2.49. The average Bonchev–Trinajstić information content (AvgIpc) is 2.35. The number of rotatable bonds is 6. The predicted molar refractivity (Wildman–Crippen MR) is 72.0 cm³/mol. The highest BCUT2D eigenvalue weighted by molar-refractivity contribution is 5.87. The van der Waals surface area contributed by atoms with Crippen molar-refractivity contribution in [2.24, 2.45) is 11.7 Å². The van der Waals surface area contributed by atoms with Crippen molar-refractivity contribution in [1.82, 2.24) is 15.5 Å². The van der Waals surface area contributed by atoms with Crippen LogP contribution in [0.15, 0.2) is 0 Å². The van der Waals surface area contributed by atoms with Crippen LogP contribution in [-0.2, 0) is 9.59 Å². The van der Waals surface area contributed by atoms with E-state index in [0.717, 1.165) is 25.9 Å². The number of piperidine rings is 1. The number of hydrogen-bond donors (Lipinski definition) is 4. The Hall–Kier alpha value is -1.83. The van der Waals surface area contributed by atoms with Crippen molar-refractivity contribution >= 4 is 17.9 Å². The fourth-order valence-corrected chi connectivity index (χ4v) is 2.29. The van der Waals surface area contributed by atoms with Gasteiger partial charge in [0.05, 0.1) is 6.42 Å². The lowest BCUT2D eigenvalue weighted by atomic mass is 9.99. The molecule has 1 aliphatic heterocycles. The van der Waals surface area contributed by atoms with Crippen LogP contribution in [0.25, 0.3) is 0 Å². The molecule has 0 aromatic heterocycles. The van der Waals surface area contributed by atoms with Gasteiger partial charge in [-0.05, 0) is 32.4 Å². The number of nitrogens with two attached hydrogens (primary N) is 1. The van der Waals surface area contributed by atoms with E-state index in [-0.39, 0.29) is 0 Å². The normalized spacial score (nSPS) is 20.9. The van der Waals surface area contributed by atoms with Crippen LogP contribution in [-0.4, -0.2) is 60.6 Å². The molecule has 8 nitrogen and oxygen atoms in total. The highest BCUT2D eigenvalue weighted by Gasteiger charge is 2.23. The van der Waals surface area contributed by atoms with Crippen LogP contribution in [0.1, 0.15) is 19.3 Å². The smallest absolute Gasteiger partial charge is 0.326 e.